The summed E-state index contributed by atoms with van der Waals surface area (Å²) in [6.07, 6.45) is 3.82. The summed E-state index contributed by atoms with van der Waals surface area (Å²) in [5.74, 6) is 0.795. The molecule has 98 valence electrons. The first kappa shape index (κ1) is 12.3. The molecule has 2 aromatic carbocycles. The van der Waals surface area contributed by atoms with Gasteiger partial charge in [0.1, 0.15) is 0 Å². The van der Waals surface area contributed by atoms with E-state index in [4.69, 9.17) is 0 Å². The van der Waals surface area contributed by atoms with E-state index in [1.54, 1.807) is 0 Å². The van der Waals surface area contributed by atoms with Gasteiger partial charge in [-0.25, -0.2) is 0 Å². The molecule has 1 atom stereocenters. The molecule has 1 aliphatic heterocycles. The Morgan fingerprint density at radius 1 is 1.05 bits per heavy atom. The van der Waals surface area contributed by atoms with Crippen molar-refractivity contribution in [3.8, 4) is 11.1 Å². The number of benzene rings is 2. The summed E-state index contributed by atoms with van der Waals surface area (Å²) < 4.78 is 0. The highest BCUT2D eigenvalue weighted by Crippen LogP contribution is 2.31. The zero-order valence-electron chi connectivity index (χ0n) is 11.5. The first-order valence-electron chi connectivity index (χ1n) is 7.29. The molecular weight excluding hydrogens is 230 g/mol. The number of nitrogens with one attached hydrogen (secondary N) is 1. The first-order valence-corrected chi connectivity index (χ1v) is 7.29. The number of rotatable bonds is 3. The maximum absolute atomic E-state index is 3.58. The first-order chi connectivity index (χ1) is 9.36. The van der Waals surface area contributed by atoms with E-state index in [2.05, 4.69) is 60.8 Å². The fourth-order valence-electron chi connectivity index (χ4n) is 3.00. The third-order valence-corrected chi connectivity index (χ3v) is 4.00. The van der Waals surface area contributed by atoms with Crippen LogP contribution in [0.5, 0.6) is 0 Å². The van der Waals surface area contributed by atoms with Crippen molar-refractivity contribution >= 4 is 5.69 Å². The van der Waals surface area contributed by atoms with Crippen molar-refractivity contribution < 1.29 is 0 Å². The summed E-state index contributed by atoms with van der Waals surface area (Å²) in [4.78, 5) is 0. The van der Waals surface area contributed by atoms with Crippen molar-refractivity contribution in [2.45, 2.75) is 26.2 Å². The van der Waals surface area contributed by atoms with Gasteiger partial charge in [0.2, 0.25) is 0 Å². The monoisotopic (exact) mass is 251 g/mol. The molecule has 0 bridgehead atoms. The van der Waals surface area contributed by atoms with Gasteiger partial charge in [0, 0.05) is 12.2 Å². The summed E-state index contributed by atoms with van der Waals surface area (Å²) in [6, 6.07) is 17.5. The average molecular weight is 251 g/mol. The van der Waals surface area contributed by atoms with Crippen molar-refractivity contribution in [3.63, 3.8) is 0 Å². The van der Waals surface area contributed by atoms with Crippen LogP contribution in [-0.4, -0.2) is 6.54 Å². The van der Waals surface area contributed by atoms with Crippen LogP contribution in [0, 0.1) is 5.92 Å². The highest BCUT2D eigenvalue weighted by molar-refractivity contribution is 5.69. The van der Waals surface area contributed by atoms with Crippen LogP contribution >= 0.6 is 0 Å². The van der Waals surface area contributed by atoms with Crippen LogP contribution in [0.25, 0.3) is 11.1 Å². The number of hydrogen-bond acceptors (Lipinski definition) is 1. The summed E-state index contributed by atoms with van der Waals surface area (Å²) in [6.45, 7) is 3.40. The summed E-state index contributed by atoms with van der Waals surface area (Å²) in [7, 11) is 0. The zero-order valence-corrected chi connectivity index (χ0v) is 11.5. The minimum absolute atomic E-state index is 0.795. The lowest BCUT2D eigenvalue weighted by atomic mass is 9.89. The van der Waals surface area contributed by atoms with E-state index in [9.17, 15) is 0 Å². The Morgan fingerprint density at radius 2 is 1.89 bits per heavy atom. The van der Waals surface area contributed by atoms with Gasteiger partial charge in [-0.3, -0.25) is 0 Å². The van der Waals surface area contributed by atoms with E-state index >= 15 is 0 Å². The van der Waals surface area contributed by atoms with Gasteiger partial charge in [-0.05, 0) is 47.6 Å². The topological polar surface area (TPSA) is 12.0 Å². The molecule has 0 saturated heterocycles. The second-order valence-electron chi connectivity index (χ2n) is 5.48. The molecule has 1 N–H and O–H groups in total. The molecule has 0 aliphatic carbocycles. The van der Waals surface area contributed by atoms with Crippen LogP contribution in [0.2, 0.25) is 0 Å². The molecule has 0 radical (unpaired) electrons. The Labute approximate surface area is 115 Å². The van der Waals surface area contributed by atoms with Crippen LogP contribution in [-0.2, 0) is 6.42 Å². The zero-order chi connectivity index (χ0) is 13.1. The molecule has 0 fully saturated rings. The van der Waals surface area contributed by atoms with Gasteiger partial charge in [-0.2, -0.15) is 0 Å². The fraction of sp³-hybridized carbons (Fsp3) is 0.333. The third kappa shape index (κ3) is 2.65. The Kier molecular flexibility index (Phi) is 3.54. The third-order valence-electron chi connectivity index (χ3n) is 4.00. The standard InChI is InChI=1S/C18H21N/c1-2-6-14-11-17-12-16(9-10-18(17)19-13-14)15-7-4-3-5-8-15/h3-5,7-10,12,14,19H,2,6,11,13H2,1H3. The maximum Gasteiger partial charge on any atom is 0.0373 e. The molecule has 1 unspecified atom stereocenters. The fourth-order valence-corrected chi connectivity index (χ4v) is 3.00. The molecule has 19 heavy (non-hydrogen) atoms. The van der Waals surface area contributed by atoms with Gasteiger partial charge in [0.25, 0.3) is 0 Å². The van der Waals surface area contributed by atoms with E-state index in [0.29, 0.717) is 0 Å². The second-order valence-corrected chi connectivity index (χ2v) is 5.48. The summed E-state index contributed by atoms with van der Waals surface area (Å²) >= 11 is 0. The van der Waals surface area contributed by atoms with E-state index in [1.165, 1.54) is 41.6 Å². The van der Waals surface area contributed by atoms with E-state index in [0.717, 1.165) is 12.5 Å². The quantitative estimate of drug-likeness (QED) is 0.831. The molecule has 2 aromatic rings. The largest absolute Gasteiger partial charge is 0.385 e. The predicted octanol–water partition coefficient (Wildman–Crippen LogP) is 4.74. The molecule has 1 heterocycles. The minimum atomic E-state index is 0.795. The molecule has 1 aliphatic rings. The lowest BCUT2D eigenvalue weighted by Gasteiger charge is -2.26. The Morgan fingerprint density at radius 3 is 2.68 bits per heavy atom. The van der Waals surface area contributed by atoms with Crippen LogP contribution < -0.4 is 5.32 Å². The highest BCUT2D eigenvalue weighted by atomic mass is 14.9. The van der Waals surface area contributed by atoms with Crippen LogP contribution in [0.4, 0.5) is 5.69 Å². The number of fused-ring (bicyclic) bond motifs is 1. The highest BCUT2D eigenvalue weighted by Gasteiger charge is 2.17. The Balaban J connectivity index is 1.89. The van der Waals surface area contributed by atoms with Gasteiger partial charge < -0.3 is 5.32 Å². The lowest BCUT2D eigenvalue weighted by Crippen LogP contribution is -2.22. The molecule has 1 heteroatoms. The van der Waals surface area contributed by atoms with Gasteiger partial charge in [0.15, 0.2) is 0 Å². The molecule has 1 nitrogen and oxygen atoms in total. The SMILES string of the molecule is CCCC1CNc2ccc(-c3ccccc3)cc2C1. The molecular formula is C18H21N. The van der Waals surface area contributed by atoms with E-state index < -0.39 is 0 Å². The summed E-state index contributed by atoms with van der Waals surface area (Å²) in [5.41, 5.74) is 5.44. The second kappa shape index (κ2) is 5.48. The molecule has 3 rings (SSSR count). The van der Waals surface area contributed by atoms with Gasteiger partial charge in [-0.15, -0.1) is 0 Å². The molecule has 0 saturated carbocycles. The summed E-state index contributed by atoms with van der Waals surface area (Å²) in [5, 5.41) is 3.58. The number of anilines is 1. The van der Waals surface area contributed by atoms with Crippen LogP contribution in [0.1, 0.15) is 25.3 Å². The normalized spacial score (nSPS) is 17.6. The van der Waals surface area contributed by atoms with Crippen LogP contribution in [0.3, 0.4) is 0 Å². The van der Waals surface area contributed by atoms with Crippen molar-refractivity contribution in [1.82, 2.24) is 0 Å². The maximum atomic E-state index is 3.58. The van der Waals surface area contributed by atoms with Crippen molar-refractivity contribution in [2.24, 2.45) is 5.92 Å². The predicted molar refractivity (Wildman–Crippen MR) is 82.5 cm³/mol. The van der Waals surface area contributed by atoms with Crippen molar-refractivity contribution in [3.05, 3.63) is 54.1 Å². The number of hydrogen-bond donors (Lipinski definition) is 1. The van der Waals surface area contributed by atoms with E-state index in [1.807, 2.05) is 0 Å². The molecule has 0 amide bonds. The van der Waals surface area contributed by atoms with Gasteiger partial charge in [-0.1, -0.05) is 49.7 Å². The van der Waals surface area contributed by atoms with Gasteiger partial charge >= 0.3 is 0 Å². The molecule has 0 spiro atoms. The van der Waals surface area contributed by atoms with Crippen LogP contribution in [0.15, 0.2) is 48.5 Å². The molecule has 0 aromatic heterocycles. The Hall–Kier alpha value is -1.76. The van der Waals surface area contributed by atoms with Crippen molar-refractivity contribution in [2.75, 3.05) is 11.9 Å². The van der Waals surface area contributed by atoms with Crippen molar-refractivity contribution in [1.29, 1.82) is 0 Å². The smallest absolute Gasteiger partial charge is 0.0373 e. The van der Waals surface area contributed by atoms with E-state index in [-0.39, 0.29) is 0 Å². The average Bonchev–Trinajstić information content (AvgIpc) is 2.48. The minimum Gasteiger partial charge on any atom is -0.385 e. The Bertz CT molecular complexity index is 545. The lowest BCUT2D eigenvalue weighted by molar-refractivity contribution is 0.489. The van der Waals surface area contributed by atoms with Gasteiger partial charge in [0.05, 0.1) is 0 Å².